The van der Waals surface area contributed by atoms with Crippen molar-refractivity contribution < 1.29 is 6.22 Å². The van der Waals surface area contributed by atoms with Crippen molar-refractivity contribution in [2.75, 3.05) is 6.54 Å². The zero-order valence-corrected chi connectivity index (χ0v) is 10.4. The van der Waals surface area contributed by atoms with Crippen molar-refractivity contribution in [3.8, 4) is 0 Å². The van der Waals surface area contributed by atoms with Crippen LogP contribution in [0.2, 0.25) is 0 Å². The number of hydrogen-bond acceptors (Lipinski definition) is 2. The Balaban J connectivity index is 0.00000225. The monoisotopic (exact) mass is 213 g/mol. The fraction of sp³-hybridized carbons (Fsp3) is 0.923. The molecule has 0 aromatic carbocycles. The lowest BCUT2D eigenvalue weighted by molar-refractivity contribution is -0.127. The van der Waals surface area contributed by atoms with Crippen molar-refractivity contribution in [2.45, 2.75) is 58.9 Å². The highest BCUT2D eigenvalue weighted by Gasteiger charge is 2.27. The molecular weight excluding hydrogens is 186 g/mol. The third kappa shape index (κ3) is 3.60. The molecule has 1 atom stereocenters. The van der Waals surface area contributed by atoms with E-state index in [1.54, 1.807) is 0 Å². The van der Waals surface area contributed by atoms with Crippen LogP contribution in [0, 0.1) is 11.8 Å². The van der Waals surface area contributed by atoms with Crippen LogP contribution in [-0.4, -0.2) is 18.4 Å². The molecule has 0 saturated heterocycles. The van der Waals surface area contributed by atoms with Gasteiger partial charge in [0.2, 0.25) is 0 Å². The van der Waals surface area contributed by atoms with E-state index in [9.17, 15) is 4.79 Å². The van der Waals surface area contributed by atoms with E-state index in [-0.39, 0.29) is 7.34 Å². The number of nitrogens with one attached hydrogen (secondary N) is 1. The van der Waals surface area contributed by atoms with E-state index in [4.69, 9.17) is 0 Å². The van der Waals surface area contributed by atoms with Gasteiger partial charge in [0.15, 0.2) is 0 Å². The molecule has 0 heterocycles. The first-order valence-corrected chi connectivity index (χ1v) is 6.46. The van der Waals surface area contributed by atoms with E-state index in [0.717, 1.165) is 25.8 Å². The molecule has 0 aromatic heterocycles. The lowest BCUT2D eigenvalue weighted by Crippen LogP contribution is -2.35. The van der Waals surface area contributed by atoms with E-state index in [1.807, 2.05) is 0 Å². The van der Waals surface area contributed by atoms with Gasteiger partial charge >= 0.3 is 0 Å². The Morgan fingerprint density at radius 1 is 1.33 bits per heavy atom. The fourth-order valence-electron chi connectivity index (χ4n) is 2.47. The van der Waals surface area contributed by atoms with Gasteiger partial charge < -0.3 is 5.32 Å². The molecule has 0 aromatic rings. The van der Waals surface area contributed by atoms with Crippen molar-refractivity contribution in [1.82, 2.24) is 5.32 Å². The van der Waals surface area contributed by atoms with Crippen LogP contribution in [0.25, 0.3) is 0 Å². The highest BCUT2D eigenvalue weighted by atomic mass is 16.1. The molecule has 1 N–H and O–H groups in total. The largest absolute Gasteiger partial charge is 0.314 e. The van der Waals surface area contributed by atoms with E-state index in [1.165, 1.54) is 12.8 Å². The number of rotatable bonds is 5. The summed E-state index contributed by atoms with van der Waals surface area (Å²) >= 11 is 0. The second-order valence-electron chi connectivity index (χ2n) is 4.82. The summed E-state index contributed by atoms with van der Waals surface area (Å²) in [4.78, 5) is 12.0. The van der Waals surface area contributed by atoms with Gasteiger partial charge in [-0.05, 0) is 38.6 Å². The number of carbonyl (C=O) groups excluding carboxylic acids is 1. The first-order chi connectivity index (χ1) is 7.19. The molecule has 0 spiro atoms. The standard InChI is InChI=1S/C13H25NO.H2/c1-4-10(3)13(15)11-6-8-12(9-7-11)14-5-2;/h10-12,14H,4-9H2,1-3H3;1H. The Hall–Kier alpha value is -0.370. The minimum absolute atomic E-state index is 0. The molecule has 0 amide bonds. The smallest absolute Gasteiger partial charge is 0.138 e. The van der Waals surface area contributed by atoms with Crippen LogP contribution in [0.4, 0.5) is 0 Å². The second-order valence-corrected chi connectivity index (χ2v) is 4.82. The van der Waals surface area contributed by atoms with Crippen LogP contribution < -0.4 is 5.32 Å². The zero-order chi connectivity index (χ0) is 11.3. The molecule has 0 aliphatic heterocycles. The van der Waals surface area contributed by atoms with E-state index >= 15 is 0 Å². The maximum atomic E-state index is 12.0. The van der Waals surface area contributed by atoms with Gasteiger partial charge in [0.05, 0.1) is 0 Å². The maximum Gasteiger partial charge on any atom is 0.138 e. The Morgan fingerprint density at radius 3 is 2.40 bits per heavy atom. The summed E-state index contributed by atoms with van der Waals surface area (Å²) in [5.41, 5.74) is 0. The molecule has 90 valence electrons. The summed E-state index contributed by atoms with van der Waals surface area (Å²) in [5, 5.41) is 3.48. The molecule has 1 saturated carbocycles. The van der Waals surface area contributed by atoms with Crippen molar-refractivity contribution in [2.24, 2.45) is 11.8 Å². The first-order valence-electron chi connectivity index (χ1n) is 6.46. The van der Waals surface area contributed by atoms with Gasteiger partial charge in [-0.2, -0.15) is 0 Å². The van der Waals surface area contributed by atoms with Gasteiger partial charge in [0.25, 0.3) is 0 Å². The Kier molecular flexibility index (Phi) is 5.30. The lowest BCUT2D eigenvalue weighted by atomic mass is 9.79. The molecule has 1 fully saturated rings. The minimum atomic E-state index is 0. The number of hydrogen-bond donors (Lipinski definition) is 1. The Bertz CT molecular complexity index is 200. The van der Waals surface area contributed by atoms with Crippen LogP contribution in [0.5, 0.6) is 0 Å². The van der Waals surface area contributed by atoms with Crippen molar-refractivity contribution >= 4 is 5.78 Å². The van der Waals surface area contributed by atoms with Crippen LogP contribution in [0.3, 0.4) is 0 Å². The average Bonchev–Trinajstić information content (AvgIpc) is 2.28. The first kappa shape index (κ1) is 12.7. The van der Waals surface area contributed by atoms with Gasteiger partial charge in [-0.1, -0.05) is 20.8 Å². The van der Waals surface area contributed by atoms with Gasteiger partial charge in [-0.15, -0.1) is 0 Å². The van der Waals surface area contributed by atoms with E-state index in [2.05, 4.69) is 26.1 Å². The van der Waals surface area contributed by atoms with Crippen LogP contribution in [-0.2, 0) is 4.79 Å². The molecule has 2 nitrogen and oxygen atoms in total. The molecule has 2 heteroatoms. The maximum absolute atomic E-state index is 12.0. The minimum Gasteiger partial charge on any atom is -0.314 e. The summed E-state index contributed by atoms with van der Waals surface area (Å²) in [6.07, 6.45) is 5.55. The van der Waals surface area contributed by atoms with Gasteiger partial charge in [0.1, 0.15) is 5.78 Å². The normalized spacial score (nSPS) is 28.7. The average molecular weight is 213 g/mol. The third-order valence-corrected chi connectivity index (χ3v) is 3.72. The number of Topliss-reactive ketones (excluding diaryl/α,β-unsaturated/α-hetero) is 1. The van der Waals surface area contributed by atoms with Crippen molar-refractivity contribution in [3.63, 3.8) is 0 Å². The summed E-state index contributed by atoms with van der Waals surface area (Å²) in [7, 11) is 0. The van der Waals surface area contributed by atoms with Gasteiger partial charge in [-0.3, -0.25) is 4.79 Å². The fourth-order valence-corrected chi connectivity index (χ4v) is 2.47. The number of ketones is 1. The molecule has 15 heavy (non-hydrogen) atoms. The number of carbonyl (C=O) groups is 1. The third-order valence-electron chi connectivity index (χ3n) is 3.72. The van der Waals surface area contributed by atoms with Gasteiger partial charge in [0, 0.05) is 19.3 Å². The predicted molar refractivity (Wildman–Crippen MR) is 66.0 cm³/mol. The van der Waals surface area contributed by atoms with Crippen molar-refractivity contribution in [1.29, 1.82) is 0 Å². The molecule has 1 aliphatic carbocycles. The highest BCUT2D eigenvalue weighted by Crippen LogP contribution is 2.27. The molecule has 0 radical (unpaired) electrons. The zero-order valence-electron chi connectivity index (χ0n) is 10.4. The molecule has 1 rings (SSSR count). The predicted octanol–water partition coefficient (Wildman–Crippen LogP) is 3.02. The summed E-state index contributed by atoms with van der Waals surface area (Å²) < 4.78 is 0. The summed E-state index contributed by atoms with van der Waals surface area (Å²) in [5.74, 6) is 1.13. The lowest BCUT2D eigenvalue weighted by Gasteiger charge is -2.29. The summed E-state index contributed by atoms with van der Waals surface area (Å²) in [6, 6.07) is 0.663. The highest BCUT2D eigenvalue weighted by molar-refractivity contribution is 5.83. The van der Waals surface area contributed by atoms with Crippen LogP contribution in [0.1, 0.15) is 54.3 Å². The molecule has 0 bridgehead atoms. The van der Waals surface area contributed by atoms with E-state index in [0.29, 0.717) is 17.7 Å². The van der Waals surface area contributed by atoms with E-state index < -0.39 is 0 Å². The Labute approximate surface area is 95.3 Å². The summed E-state index contributed by atoms with van der Waals surface area (Å²) in [6.45, 7) is 7.37. The topological polar surface area (TPSA) is 29.1 Å². The molecule has 1 unspecified atom stereocenters. The Morgan fingerprint density at radius 2 is 1.93 bits per heavy atom. The quantitative estimate of drug-likeness (QED) is 0.760. The SMILES string of the molecule is CCNC1CCC(C(=O)C(C)CC)CC1.[HH]. The molecule has 1 aliphatic rings. The van der Waals surface area contributed by atoms with Crippen LogP contribution in [0.15, 0.2) is 0 Å². The molecular formula is C13H27NO. The van der Waals surface area contributed by atoms with Crippen LogP contribution >= 0.6 is 0 Å². The second kappa shape index (κ2) is 6.26. The van der Waals surface area contributed by atoms with Gasteiger partial charge in [-0.25, -0.2) is 0 Å². The van der Waals surface area contributed by atoms with Crippen molar-refractivity contribution in [3.05, 3.63) is 0 Å².